The Morgan fingerprint density at radius 3 is 2.25 bits per heavy atom. The van der Waals surface area contributed by atoms with Gasteiger partial charge in [-0.3, -0.25) is 9.59 Å². The Morgan fingerprint density at radius 1 is 0.893 bits per heavy atom. The van der Waals surface area contributed by atoms with Gasteiger partial charge in [0, 0.05) is 37.6 Å². The Kier molecular flexibility index (Phi) is 5.07. The second-order valence-electron chi connectivity index (χ2n) is 7.96. The Morgan fingerprint density at radius 2 is 1.57 bits per heavy atom. The summed E-state index contributed by atoms with van der Waals surface area (Å²) >= 11 is 0. The van der Waals surface area contributed by atoms with Gasteiger partial charge in [0.05, 0.1) is 11.8 Å². The van der Waals surface area contributed by atoms with E-state index in [1.807, 2.05) is 36.1 Å². The molecule has 1 saturated carbocycles. The smallest absolute Gasteiger partial charge is 0.228 e. The molecule has 2 aromatic carbocycles. The molecular formula is C23H27N3O2. The van der Waals surface area contributed by atoms with Gasteiger partial charge in [0.1, 0.15) is 0 Å². The molecule has 0 aromatic heterocycles. The van der Waals surface area contributed by atoms with Crippen molar-refractivity contribution in [3.63, 3.8) is 0 Å². The molecule has 0 bridgehead atoms. The van der Waals surface area contributed by atoms with E-state index in [-0.39, 0.29) is 23.7 Å². The largest absolute Gasteiger partial charge is 0.368 e. The van der Waals surface area contributed by atoms with Crippen LogP contribution in [0.5, 0.6) is 0 Å². The van der Waals surface area contributed by atoms with E-state index in [0.29, 0.717) is 6.42 Å². The fraction of sp³-hybridized carbons (Fsp3) is 0.391. The van der Waals surface area contributed by atoms with Crippen molar-refractivity contribution in [2.24, 2.45) is 11.8 Å². The molecule has 146 valence electrons. The Hall–Kier alpha value is -2.82. The summed E-state index contributed by atoms with van der Waals surface area (Å²) in [4.78, 5) is 29.5. The number of rotatable bonds is 4. The van der Waals surface area contributed by atoms with Gasteiger partial charge in [-0.05, 0) is 55.7 Å². The molecule has 1 heterocycles. The molecule has 2 atom stereocenters. The third-order valence-electron chi connectivity index (χ3n) is 5.69. The lowest BCUT2D eigenvalue weighted by Gasteiger charge is -2.36. The predicted molar refractivity (Wildman–Crippen MR) is 111 cm³/mol. The molecule has 5 nitrogen and oxygen atoms in total. The molecule has 2 amide bonds. The van der Waals surface area contributed by atoms with E-state index < -0.39 is 0 Å². The lowest BCUT2D eigenvalue weighted by atomic mass is 10.1. The molecule has 1 saturated heterocycles. The van der Waals surface area contributed by atoms with Gasteiger partial charge in [-0.2, -0.15) is 0 Å². The average molecular weight is 377 g/mol. The SMILES string of the molecule is Cc1cccc(NC(=O)C2CC2C(=O)N2CCN(c3cccc(C)c3)CC2)c1. The Bertz CT molecular complexity index is 887. The summed E-state index contributed by atoms with van der Waals surface area (Å²) in [5.41, 5.74) is 4.37. The normalized spacial score (nSPS) is 21.4. The van der Waals surface area contributed by atoms with Gasteiger partial charge in [-0.15, -0.1) is 0 Å². The van der Waals surface area contributed by atoms with Crippen molar-refractivity contribution >= 4 is 23.2 Å². The highest BCUT2D eigenvalue weighted by Crippen LogP contribution is 2.41. The molecule has 2 fully saturated rings. The number of anilines is 2. The van der Waals surface area contributed by atoms with Crippen LogP contribution in [0.15, 0.2) is 48.5 Å². The minimum absolute atomic E-state index is 0.0395. The number of hydrogen-bond acceptors (Lipinski definition) is 3. The minimum atomic E-state index is -0.192. The van der Waals surface area contributed by atoms with Crippen molar-refractivity contribution in [3.8, 4) is 0 Å². The first-order valence-electron chi connectivity index (χ1n) is 9.99. The van der Waals surface area contributed by atoms with Crippen molar-refractivity contribution in [2.75, 3.05) is 36.4 Å². The maximum absolute atomic E-state index is 12.8. The average Bonchev–Trinajstić information content (AvgIpc) is 3.49. The van der Waals surface area contributed by atoms with Crippen molar-refractivity contribution < 1.29 is 9.59 Å². The number of piperazine rings is 1. The molecule has 1 N–H and O–H groups in total. The van der Waals surface area contributed by atoms with Crippen molar-refractivity contribution in [2.45, 2.75) is 20.3 Å². The number of benzene rings is 2. The number of carbonyl (C=O) groups excluding carboxylic acids is 2. The van der Waals surface area contributed by atoms with Crippen LogP contribution < -0.4 is 10.2 Å². The highest BCUT2D eigenvalue weighted by Gasteiger charge is 2.49. The van der Waals surface area contributed by atoms with Crippen molar-refractivity contribution in [1.29, 1.82) is 0 Å². The molecule has 0 radical (unpaired) electrons. The lowest BCUT2D eigenvalue weighted by Crippen LogP contribution is -2.49. The van der Waals surface area contributed by atoms with Crippen molar-refractivity contribution in [3.05, 3.63) is 59.7 Å². The summed E-state index contributed by atoms with van der Waals surface area (Å²) in [5, 5.41) is 2.95. The molecule has 2 unspecified atom stereocenters. The first kappa shape index (κ1) is 18.5. The van der Waals surface area contributed by atoms with Crippen LogP contribution in [0.4, 0.5) is 11.4 Å². The molecule has 28 heavy (non-hydrogen) atoms. The first-order chi connectivity index (χ1) is 13.5. The standard InChI is InChI=1S/C23H27N3O2/c1-16-5-3-7-18(13-16)24-22(27)20-15-21(20)23(28)26-11-9-25(10-12-26)19-8-4-6-17(2)14-19/h3-8,13-14,20-21H,9-12,15H2,1-2H3,(H,24,27). The van der Waals surface area contributed by atoms with Gasteiger partial charge in [0.2, 0.25) is 11.8 Å². The Labute approximate surface area is 166 Å². The topological polar surface area (TPSA) is 52.7 Å². The zero-order valence-corrected chi connectivity index (χ0v) is 16.5. The van der Waals surface area contributed by atoms with Gasteiger partial charge < -0.3 is 15.1 Å². The van der Waals surface area contributed by atoms with Crippen LogP contribution in [-0.4, -0.2) is 42.9 Å². The summed E-state index contributed by atoms with van der Waals surface area (Å²) in [6.45, 7) is 7.20. The zero-order valence-electron chi connectivity index (χ0n) is 16.5. The molecule has 1 aliphatic heterocycles. The molecule has 4 rings (SSSR count). The van der Waals surface area contributed by atoms with Crippen LogP contribution >= 0.6 is 0 Å². The maximum atomic E-state index is 12.8. The van der Waals surface area contributed by atoms with E-state index in [4.69, 9.17) is 0 Å². The van der Waals surface area contributed by atoms with E-state index in [1.54, 1.807) is 0 Å². The quantitative estimate of drug-likeness (QED) is 0.890. The summed E-state index contributed by atoms with van der Waals surface area (Å²) in [6, 6.07) is 16.2. The van der Waals surface area contributed by atoms with Gasteiger partial charge in [0.25, 0.3) is 0 Å². The summed E-state index contributed by atoms with van der Waals surface area (Å²) < 4.78 is 0. The second kappa shape index (κ2) is 7.66. The van der Waals surface area contributed by atoms with Crippen LogP contribution in [0, 0.1) is 25.7 Å². The molecule has 5 heteroatoms. The number of amides is 2. The monoisotopic (exact) mass is 377 g/mol. The van der Waals surface area contributed by atoms with E-state index in [0.717, 1.165) is 37.4 Å². The highest BCUT2D eigenvalue weighted by atomic mass is 16.2. The van der Waals surface area contributed by atoms with Crippen LogP contribution in [-0.2, 0) is 9.59 Å². The van der Waals surface area contributed by atoms with Crippen LogP contribution in [0.25, 0.3) is 0 Å². The van der Waals surface area contributed by atoms with Crippen LogP contribution in [0.2, 0.25) is 0 Å². The van der Waals surface area contributed by atoms with Crippen LogP contribution in [0.1, 0.15) is 17.5 Å². The zero-order chi connectivity index (χ0) is 19.7. The van der Waals surface area contributed by atoms with Crippen molar-refractivity contribution in [1.82, 2.24) is 4.90 Å². The minimum Gasteiger partial charge on any atom is -0.368 e. The highest BCUT2D eigenvalue weighted by molar-refractivity contribution is 5.99. The maximum Gasteiger partial charge on any atom is 0.228 e. The summed E-state index contributed by atoms with van der Waals surface area (Å²) in [5.74, 6) is -0.256. The second-order valence-corrected chi connectivity index (χ2v) is 7.96. The van der Waals surface area contributed by atoms with Crippen LogP contribution in [0.3, 0.4) is 0 Å². The lowest BCUT2D eigenvalue weighted by molar-refractivity contribution is -0.134. The summed E-state index contributed by atoms with van der Waals surface area (Å²) in [7, 11) is 0. The third kappa shape index (κ3) is 4.03. The van der Waals surface area contributed by atoms with E-state index >= 15 is 0 Å². The molecule has 0 spiro atoms. The van der Waals surface area contributed by atoms with E-state index in [2.05, 4.69) is 41.4 Å². The number of nitrogens with zero attached hydrogens (tertiary/aromatic N) is 2. The number of nitrogens with one attached hydrogen (secondary N) is 1. The molecule has 1 aliphatic carbocycles. The molecule has 2 aliphatic rings. The number of aryl methyl sites for hydroxylation is 2. The Balaban J connectivity index is 1.29. The fourth-order valence-corrected chi connectivity index (χ4v) is 3.96. The van der Waals surface area contributed by atoms with E-state index in [1.165, 1.54) is 11.3 Å². The van der Waals surface area contributed by atoms with Gasteiger partial charge >= 0.3 is 0 Å². The van der Waals surface area contributed by atoms with Gasteiger partial charge in [-0.25, -0.2) is 0 Å². The predicted octanol–water partition coefficient (Wildman–Crippen LogP) is 3.23. The van der Waals surface area contributed by atoms with E-state index in [9.17, 15) is 9.59 Å². The van der Waals surface area contributed by atoms with Gasteiger partial charge in [0.15, 0.2) is 0 Å². The number of carbonyl (C=O) groups is 2. The molecule has 2 aromatic rings. The fourth-order valence-electron chi connectivity index (χ4n) is 3.96. The third-order valence-corrected chi connectivity index (χ3v) is 5.69. The molecular weight excluding hydrogens is 350 g/mol. The van der Waals surface area contributed by atoms with Gasteiger partial charge in [-0.1, -0.05) is 24.3 Å². The first-order valence-corrected chi connectivity index (χ1v) is 9.99. The summed E-state index contributed by atoms with van der Waals surface area (Å²) in [6.07, 6.45) is 0.661. The number of hydrogen-bond donors (Lipinski definition) is 1.